The Bertz CT molecular complexity index is 1080. The molecule has 3 aromatic rings. The van der Waals surface area contributed by atoms with Gasteiger partial charge in [0.2, 0.25) is 0 Å². The molecule has 0 aliphatic rings. The Kier molecular flexibility index (Phi) is 5.97. The van der Waals surface area contributed by atoms with Gasteiger partial charge in [0, 0.05) is 29.2 Å². The Morgan fingerprint density at radius 2 is 1.83 bits per heavy atom. The molecule has 0 radical (unpaired) electrons. The first-order chi connectivity index (χ1) is 13.9. The van der Waals surface area contributed by atoms with Crippen LogP contribution in [0, 0.1) is 13.8 Å². The molecule has 0 saturated heterocycles. The molecule has 150 valence electrons. The number of aryl methyl sites for hydroxylation is 2. The van der Waals surface area contributed by atoms with Gasteiger partial charge in [0.05, 0.1) is 12.7 Å². The van der Waals surface area contributed by atoms with Gasteiger partial charge in [-0.05, 0) is 55.3 Å². The molecule has 3 rings (SSSR count). The van der Waals surface area contributed by atoms with Crippen LogP contribution in [0.3, 0.4) is 0 Å². The number of hydrogen-bond acceptors (Lipinski definition) is 5. The molecule has 2 N–H and O–H groups in total. The molecular formula is C22H22N2O5. The molecule has 0 bridgehead atoms. The van der Waals surface area contributed by atoms with Crippen LogP contribution in [-0.4, -0.2) is 31.4 Å². The molecule has 7 heteroatoms. The second kappa shape index (κ2) is 8.60. The van der Waals surface area contributed by atoms with Gasteiger partial charge in [-0.15, -0.1) is 0 Å². The summed E-state index contributed by atoms with van der Waals surface area (Å²) in [4.78, 5) is 35.9. The van der Waals surface area contributed by atoms with E-state index in [1.165, 1.54) is 13.3 Å². The Morgan fingerprint density at radius 3 is 2.59 bits per heavy atom. The van der Waals surface area contributed by atoms with Crippen LogP contribution in [0.15, 0.2) is 47.1 Å². The molecule has 0 saturated carbocycles. The third-order valence-corrected chi connectivity index (χ3v) is 4.60. The summed E-state index contributed by atoms with van der Waals surface area (Å²) in [5.74, 6) is -1.28. The molecular weight excluding hydrogens is 372 g/mol. The number of amides is 2. The minimum atomic E-state index is -0.528. The summed E-state index contributed by atoms with van der Waals surface area (Å²) < 4.78 is 10.6. The molecule has 0 aliphatic carbocycles. The quantitative estimate of drug-likeness (QED) is 0.626. The fourth-order valence-electron chi connectivity index (χ4n) is 2.91. The van der Waals surface area contributed by atoms with Gasteiger partial charge in [-0.1, -0.05) is 6.07 Å². The summed E-state index contributed by atoms with van der Waals surface area (Å²) in [7, 11) is 1.53. The van der Waals surface area contributed by atoms with Crippen LogP contribution in [0.5, 0.6) is 0 Å². The van der Waals surface area contributed by atoms with Crippen LogP contribution in [-0.2, 0) is 20.7 Å². The van der Waals surface area contributed by atoms with E-state index in [0.717, 1.165) is 16.5 Å². The lowest BCUT2D eigenvalue weighted by molar-refractivity contribution is -0.146. The van der Waals surface area contributed by atoms with Crippen molar-refractivity contribution >= 4 is 34.4 Å². The van der Waals surface area contributed by atoms with Crippen LogP contribution in [0.4, 0.5) is 5.69 Å². The van der Waals surface area contributed by atoms with E-state index >= 15 is 0 Å². The minimum absolute atomic E-state index is 0.00887. The van der Waals surface area contributed by atoms with Crippen LogP contribution >= 0.6 is 0 Å². The van der Waals surface area contributed by atoms with Crippen molar-refractivity contribution in [1.29, 1.82) is 0 Å². The fourth-order valence-corrected chi connectivity index (χ4v) is 2.91. The van der Waals surface area contributed by atoms with Gasteiger partial charge in [0.25, 0.3) is 11.8 Å². The molecule has 2 aromatic carbocycles. The average molecular weight is 394 g/mol. The number of nitrogens with one attached hydrogen (secondary N) is 2. The highest BCUT2D eigenvalue weighted by Crippen LogP contribution is 2.25. The largest absolute Gasteiger partial charge is 0.464 e. The molecule has 2 amide bonds. The van der Waals surface area contributed by atoms with Gasteiger partial charge >= 0.3 is 5.97 Å². The van der Waals surface area contributed by atoms with E-state index in [1.54, 1.807) is 24.3 Å². The topological polar surface area (TPSA) is 97.6 Å². The molecule has 7 nitrogen and oxygen atoms in total. The number of carbonyl (C=O) groups is 3. The molecule has 1 aromatic heterocycles. The highest BCUT2D eigenvalue weighted by atomic mass is 16.5. The third-order valence-electron chi connectivity index (χ3n) is 4.60. The molecule has 0 spiro atoms. The minimum Gasteiger partial charge on any atom is -0.464 e. The zero-order valence-electron chi connectivity index (χ0n) is 16.5. The number of anilines is 1. The van der Waals surface area contributed by atoms with E-state index in [4.69, 9.17) is 9.15 Å². The van der Waals surface area contributed by atoms with Crippen molar-refractivity contribution in [3.05, 3.63) is 64.9 Å². The second-order valence-electron chi connectivity index (χ2n) is 6.74. The van der Waals surface area contributed by atoms with Crippen molar-refractivity contribution in [2.24, 2.45) is 0 Å². The average Bonchev–Trinajstić information content (AvgIpc) is 3.07. The number of furan rings is 1. The van der Waals surface area contributed by atoms with Crippen molar-refractivity contribution < 1.29 is 23.5 Å². The summed E-state index contributed by atoms with van der Waals surface area (Å²) >= 11 is 0. The second-order valence-corrected chi connectivity index (χ2v) is 6.74. The number of benzene rings is 2. The highest BCUT2D eigenvalue weighted by molar-refractivity contribution is 5.97. The zero-order valence-corrected chi connectivity index (χ0v) is 16.5. The fraction of sp³-hybridized carbons (Fsp3) is 0.227. The standard InChI is InChI=1S/C22H22N2O5/c1-13-7-18-16(11-28-19(18)8-14(13)2)10-21(26)29-12-20(25)24-17-6-4-5-15(9-17)22(27)23-3/h4-9,11H,10,12H2,1-3H3,(H,23,27)(H,24,25). The first kappa shape index (κ1) is 20.1. The van der Waals surface area contributed by atoms with Gasteiger partial charge in [-0.2, -0.15) is 0 Å². The van der Waals surface area contributed by atoms with Crippen LogP contribution < -0.4 is 10.6 Å². The highest BCUT2D eigenvalue weighted by Gasteiger charge is 2.14. The Hall–Kier alpha value is -3.61. The van der Waals surface area contributed by atoms with Crippen molar-refractivity contribution in [3.63, 3.8) is 0 Å². The lowest BCUT2D eigenvalue weighted by Gasteiger charge is -2.08. The monoisotopic (exact) mass is 394 g/mol. The van der Waals surface area contributed by atoms with Crippen molar-refractivity contribution in [2.45, 2.75) is 20.3 Å². The van der Waals surface area contributed by atoms with E-state index in [9.17, 15) is 14.4 Å². The number of rotatable bonds is 6. The zero-order chi connectivity index (χ0) is 21.0. The van der Waals surface area contributed by atoms with E-state index < -0.39 is 18.5 Å². The predicted octanol–water partition coefficient (Wildman–Crippen LogP) is 3.13. The Morgan fingerprint density at radius 1 is 1.07 bits per heavy atom. The lowest BCUT2D eigenvalue weighted by atomic mass is 10.0. The normalized spacial score (nSPS) is 10.6. The van der Waals surface area contributed by atoms with Crippen LogP contribution in [0.2, 0.25) is 0 Å². The molecule has 29 heavy (non-hydrogen) atoms. The van der Waals surface area contributed by atoms with Crippen molar-refractivity contribution in [3.8, 4) is 0 Å². The summed E-state index contributed by atoms with van der Waals surface area (Å²) in [5, 5.41) is 5.98. The van der Waals surface area contributed by atoms with Crippen molar-refractivity contribution in [2.75, 3.05) is 19.0 Å². The maximum atomic E-state index is 12.1. The number of esters is 1. The maximum absolute atomic E-state index is 12.1. The SMILES string of the molecule is CNC(=O)c1cccc(NC(=O)COC(=O)Cc2coc3cc(C)c(C)cc23)c1. The number of ether oxygens (including phenoxy) is 1. The van der Waals surface area contributed by atoms with Gasteiger partial charge in [-0.3, -0.25) is 14.4 Å². The molecule has 0 aliphatic heterocycles. The molecule has 0 atom stereocenters. The molecule has 0 fully saturated rings. The van der Waals surface area contributed by atoms with Crippen LogP contribution in [0.1, 0.15) is 27.0 Å². The van der Waals surface area contributed by atoms with E-state index in [1.807, 2.05) is 26.0 Å². The van der Waals surface area contributed by atoms with Gasteiger partial charge < -0.3 is 19.8 Å². The maximum Gasteiger partial charge on any atom is 0.310 e. The van der Waals surface area contributed by atoms with Gasteiger partial charge in [0.15, 0.2) is 6.61 Å². The molecule has 1 heterocycles. The summed E-state index contributed by atoms with van der Waals surface area (Å²) in [6.45, 7) is 3.57. The first-order valence-corrected chi connectivity index (χ1v) is 9.12. The smallest absolute Gasteiger partial charge is 0.310 e. The summed E-state index contributed by atoms with van der Waals surface area (Å²) in [5.41, 5.74) is 4.50. The Labute approximate surface area is 168 Å². The Balaban J connectivity index is 1.56. The predicted molar refractivity (Wildman–Crippen MR) is 109 cm³/mol. The van der Waals surface area contributed by atoms with E-state index in [0.29, 0.717) is 22.4 Å². The first-order valence-electron chi connectivity index (χ1n) is 9.12. The van der Waals surface area contributed by atoms with E-state index in [-0.39, 0.29) is 12.3 Å². The van der Waals surface area contributed by atoms with Gasteiger partial charge in [0.1, 0.15) is 5.58 Å². The van der Waals surface area contributed by atoms with E-state index in [2.05, 4.69) is 10.6 Å². The number of carbonyl (C=O) groups excluding carboxylic acids is 3. The molecule has 0 unspecified atom stereocenters. The lowest BCUT2D eigenvalue weighted by Crippen LogP contribution is -2.22. The van der Waals surface area contributed by atoms with Gasteiger partial charge in [-0.25, -0.2) is 0 Å². The van der Waals surface area contributed by atoms with Crippen molar-refractivity contribution in [1.82, 2.24) is 5.32 Å². The number of fused-ring (bicyclic) bond motifs is 1. The third kappa shape index (κ3) is 4.82. The summed E-state index contributed by atoms with van der Waals surface area (Å²) in [6, 6.07) is 10.4. The summed E-state index contributed by atoms with van der Waals surface area (Å²) in [6.07, 6.45) is 1.55. The number of hydrogen-bond donors (Lipinski definition) is 2. The van der Waals surface area contributed by atoms with Crippen LogP contribution in [0.25, 0.3) is 11.0 Å².